The second-order valence-electron chi connectivity index (χ2n) is 6.10. The molecule has 0 spiro atoms. The quantitative estimate of drug-likeness (QED) is 0.497. The van der Waals surface area contributed by atoms with E-state index >= 15 is 0 Å². The van der Waals surface area contributed by atoms with Gasteiger partial charge in [0.2, 0.25) is 0 Å². The molecule has 0 aromatic heterocycles. The molecule has 1 fully saturated rings. The first-order valence-electron chi connectivity index (χ1n) is 8.02. The van der Waals surface area contributed by atoms with Gasteiger partial charge in [0.25, 0.3) is 0 Å². The molecule has 1 N–H and O–H groups in total. The molecule has 0 radical (unpaired) electrons. The van der Waals surface area contributed by atoms with Crippen molar-refractivity contribution in [3.8, 4) is 0 Å². The second-order valence-corrected chi connectivity index (χ2v) is 9.10. The predicted molar refractivity (Wildman–Crippen MR) is 84.8 cm³/mol. The lowest BCUT2D eigenvalue weighted by Gasteiger charge is -2.27. The van der Waals surface area contributed by atoms with E-state index in [-0.39, 0.29) is 0 Å². The summed E-state index contributed by atoms with van der Waals surface area (Å²) >= 11 is 0. The highest BCUT2D eigenvalue weighted by atomic mass is 28.4. The molecule has 120 valence electrons. The van der Waals surface area contributed by atoms with Crippen LogP contribution >= 0.6 is 0 Å². The van der Waals surface area contributed by atoms with E-state index in [9.17, 15) is 0 Å². The summed E-state index contributed by atoms with van der Waals surface area (Å²) in [5, 5.41) is 3.62. The van der Waals surface area contributed by atoms with E-state index in [1.165, 1.54) is 38.6 Å². The second kappa shape index (κ2) is 9.90. The molecule has 5 heteroatoms. The third-order valence-corrected chi connectivity index (χ3v) is 7.57. The summed E-state index contributed by atoms with van der Waals surface area (Å²) < 4.78 is 16.4. The number of hydrogen-bond acceptors (Lipinski definition) is 4. The summed E-state index contributed by atoms with van der Waals surface area (Å²) in [6.45, 7) is 4.52. The van der Waals surface area contributed by atoms with Crippen LogP contribution in [0, 0.1) is 11.8 Å². The molecule has 0 aromatic rings. The molecular weight excluding hydrogens is 270 g/mol. The van der Waals surface area contributed by atoms with Crippen molar-refractivity contribution in [3.63, 3.8) is 0 Å². The topological polar surface area (TPSA) is 39.7 Å². The Kier molecular flexibility index (Phi) is 8.96. The maximum Gasteiger partial charge on any atom is 0.500 e. The van der Waals surface area contributed by atoms with Crippen molar-refractivity contribution < 1.29 is 13.3 Å². The lowest BCUT2D eigenvalue weighted by Crippen LogP contribution is -2.44. The van der Waals surface area contributed by atoms with Gasteiger partial charge in [-0.1, -0.05) is 26.2 Å². The maximum absolute atomic E-state index is 5.48. The largest absolute Gasteiger partial charge is 0.500 e. The summed E-state index contributed by atoms with van der Waals surface area (Å²) in [4.78, 5) is 0. The van der Waals surface area contributed by atoms with E-state index < -0.39 is 8.80 Å². The molecule has 1 aliphatic carbocycles. The Balaban J connectivity index is 2.14. The number of rotatable bonds is 10. The molecule has 0 saturated heterocycles. The monoisotopic (exact) mass is 303 g/mol. The van der Waals surface area contributed by atoms with Gasteiger partial charge in [-0.2, -0.15) is 0 Å². The maximum atomic E-state index is 5.48. The van der Waals surface area contributed by atoms with Crippen molar-refractivity contribution in [1.82, 2.24) is 5.32 Å². The molecule has 1 aliphatic rings. The molecule has 0 heterocycles. The predicted octanol–water partition coefficient (Wildman–Crippen LogP) is 3.06. The first-order chi connectivity index (χ1) is 9.65. The molecule has 1 rings (SSSR count). The average Bonchev–Trinajstić information content (AvgIpc) is 2.50. The zero-order valence-corrected chi connectivity index (χ0v) is 14.7. The highest BCUT2D eigenvalue weighted by Crippen LogP contribution is 2.23. The van der Waals surface area contributed by atoms with Gasteiger partial charge in [0, 0.05) is 27.4 Å². The Labute approximate surface area is 125 Å². The Bertz CT molecular complexity index is 235. The summed E-state index contributed by atoms with van der Waals surface area (Å²) in [7, 11) is 2.66. The van der Waals surface area contributed by atoms with Crippen molar-refractivity contribution in [2.24, 2.45) is 11.8 Å². The fraction of sp³-hybridized carbons (Fsp3) is 1.00. The highest BCUT2D eigenvalue weighted by molar-refractivity contribution is 6.60. The van der Waals surface area contributed by atoms with Gasteiger partial charge in [0.05, 0.1) is 0 Å². The van der Waals surface area contributed by atoms with E-state index in [0.717, 1.165) is 24.9 Å². The van der Waals surface area contributed by atoms with Crippen LogP contribution < -0.4 is 5.32 Å². The zero-order valence-electron chi connectivity index (χ0n) is 13.7. The minimum Gasteiger partial charge on any atom is -0.377 e. The van der Waals surface area contributed by atoms with E-state index in [1.54, 1.807) is 21.3 Å². The van der Waals surface area contributed by atoms with Gasteiger partial charge in [-0.3, -0.25) is 0 Å². The van der Waals surface area contributed by atoms with Crippen LogP contribution in [0.2, 0.25) is 6.04 Å². The van der Waals surface area contributed by atoms with E-state index in [1.807, 2.05) is 0 Å². The lowest BCUT2D eigenvalue weighted by atomic mass is 9.89. The molecule has 0 amide bonds. The van der Waals surface area contributed by atoms with Gasteiger partial charge in [0.1, 0.15) is 0 Å². The molecule has 1 saturated carbocycles. The van der Waals surface area contributed by atoms with Crippen molar-refractivity contribution >= 4 is 8.80 Å². The third-order valence-electron chi connectivity index (χ3n) is 4.50. The molecule has 0 bridgehead atoms. The van der Waals surface area contributed by atoms with Gasteiger partial charge >= 0.3 is 8.80 Å². The van der Waals surface area contributed by atoms with Crippen molar-refractivity contribution in [2.45, 2.75) is 51.5 Å². The molecule has 1 unspecified atom stereocenters. The van der Waals surface area contributed by atoms with Crippen LogP contribution in [0.1, 0.15) is 45.4 Å². The first kappa shape index (κ1) is 18.1. The Hall–Kier alpha value is 0.0569. The van der Waals surface area contributed by atoms with Crippen LogP contribution in [0.4, 0.5) is 0 Å². The fourth-order valence-corrected chi connectivity index (χ4v) is 5.13. The van der Waals surface area contributed by atoms with Gasteiger partial charge in [-0.15, -0.1) is 0 Å². The molecular formula is C15H33NO3Si. The standard InChI is InChI=1S/C15H33NO3Si/c1-14(13-20(17-2,18-3)19-4)10-11-16-12-15-8-6-5-7-9-15/h14-16H,5-13H2,1-4H3. The van der Waals surface area contributed by atoms with Crippen LogP contribution in [0.5, 0.6) is 0 Å². The molecule has 1 atom stereocenters. The summed E-state index contributed by atoms with van der Waals surface area (Å²) in [5.74, 6) is 1.46. The van der Waals surface area contributed by atoms with E-state index in [2.05, 4.69) is 12.2 Å². The van der Waals surface area contributed by atoms with E-state index in [4.69, 9.17) is 13.3 Å². The molecule has 20 heavy (non-hydrogen) atoms. The van der Waals surface area contributed by atoms with Gasteiger partial charge < -0.3 is 18.6 Å². The van der Waals surface area contributed by atoms with Crippen molar-refractivity contribution in [2.75, 3.05) is 34.4 Å². The zero-order chi connectivity index (χ0) is 14.8. The van der Waals surface area contributed by atoms with E-state index in [0.29, 0.717) is 5.92 Å². The minimum atomic E-state index is -2.40. The third kappa shape index (κ3) is 6.22. The summed E-state index contributed by atoms with van der Waals surface area (Å²) in [6.07, 6.45) is 8.26. The fourth-order valence-electron chi connectivity index (χ4n) is 3.07. The Morgan fingerprint density at radius 1 is 1.05 bits per heavy atom. The van der Waals surface area contributed by atoms with Gasteiger partial charge in [0.15, 0.2) is 0 Å². The van der Waals surface area contributed by atoms with Gasteiger partial charge in [-0.05, 0) is 44.2 Å². The minimum absolute atomic E-state index is 0.556. The van der Waals surface area contributed by atoms with Crippen molar-refractivity contribution in [3.05, 3.63) is 0 Å². The SMILES string of the molecule is CO[Si](CC(C)CCNCC1CCCCC1)(OC)OC. The smallest absolute Gasteiger partial charge is 0.377 e. The number of hydrogen-bond donors (Lipinski definition) is 1. The summed E-state index contributed by atoms with van der Waals surface area (Å²) in [6, 6.07) is 0.890. The average molecular weight is 304 g/mol. The van der Waals surface area contributed by atoms with Gasteiger partial charge in [-0.25, -0.2) is 0 Å². The Morgan fingerprint density at radius 3 is 2.20 bits per heavy atom. The van der Waals surface area contributed by atoms with Crippen LogP contribution in [-0.4, -0.2) is 43.2 Å². The number of nitrogens with one attached hydrogen (secondary N) is 1. The Morgan fingerprint density at radius 2 is 1.65 bits per heavy atom. The van der Waals surface area contributed by atoms with Crippen LogP contribution in [0.25, 0.3) is 0 Å². The first-order valence-corrected chi connectivity index (χ1v) is 9.95. The molecule has 0 aromatic carbocycles. The molecule has 4 nitrogen and oxygen atoms in total. The summed E-state index contributed by atoms with van der Waals surface area (Å²) in [5.41, 5.74) is 0. The normalized spacial score (nSPS) is 19.2. The van der Waals surface area contributed by atoms with Crippen molar-refractivity contribution in [1.29, 1.82) is 0 Å². The lowest BCUT2D eigenvalue weighted by molar-refractivity contribution is 0.118. The van der Waals surface area contributed by atoms with Crippen LogP contribution in [0.3, 0.4) is 0 Å². The van der Waals surface area contributed by atoms with Crippen LogP contribution in [0.15, 0.2) is 0 Å². The van der Waals surface area contributed by atoms with Crippen LogP contribution in [-0.2, 0) is 13.3 Å². The highest BCUT2D eigenvalue weighted by Gasteiger charge is 2.39. The molecule has 0 aliphatic heterocycles.